The molecule has 2 aromatic heterocycles. The van der Waals surface area contributed by atoms with Gasteiger partial charge in [-0.1, -0.05) is 38.1 Å². The van der Waals surface area contributed by atoms with E-state index in [4.69, 9.17) is 9.26 Å². The van der Waals surface area contributed by atoms with Crippen molar-refractivity contribution in [2.45, 2.75) is 95.5 Å². The zero-order valence-corrected chi connectivity index (χ0v) is 34.1. The molecule has 0 spiro atoms. The molecule has 5 heterocycles. The van der Waals surface area contributed by atoms with Gasteiger partial charge in [0.05, 0.1) is 17.6 Å². The molecule has 57 heavy (non-hydrogen) atoms. The second kappa shape index (κ2) is 17.5. The van der Waals surface area contributed by atoms with E-state index in [0.29, 0.717) is 66.4 Å². The number of hydrogen-bond donors (Lipinski definition) is 2. The van der Waals surface area contributed by atoms with Gasteiger partial charge in [0.25, 0.3) is 5.91 Å². The molecule has 3 aliphatic rings. The molecule has 6 atom stereocenters. The van der Waals surface area contributed by atoms with Gasteiger partial charge in [-0.2, -0.15) is 0 Å². The number of benzene rings is 2. The Hall–Kier alpha value is -4.65. The molecule has 0 radical (unpaired) electrons. The third-order valence-corrected chi connectivity index (χ3v) is 14.3. The minimum atomic E-state index is -3.70. The summed E-state index contributed by atoms with van der Waals surface area (Å²) in [6.07, 6.45) is 6.79. The van der Waals surface area contributed by atoms with E-state index in [9.17, 15) is 28.1 Å². The zero-order valence-electron chi connectivity index (χ0n) is 32.4. The molecule has 3 fully saturated rings. The Morgan fingerprint density at radius 2 is 1.84 bits per heavy atom. The van der Waals surface area contributed by atoms with Gasteiger partial charge in [-0.3, -0.25) is 28.7 Å². The van der Waals surface area contributed by atoms with Gasteiger partial charge < -0.3 is 24.4 Å². The molecule has 0 saturated carbocycles. The number of pyridine rings is 1. The zero-order chi connectivity index (χ0) is 40.3. The second-order valence-corrected chi connectivity index (χ2v) is 18.7. The molecular weight excluding hydrogens is 769 g/mol. The lowest BCUT2D eigenvalue weighted by Gasteiger charge is -2.43. The number of carbonyl (C=O) groups excluding carboxylic acids is 4. The first-order valence-corrected chi connectivity index (χ1v) is 22.4. The van der Waals surface area contributed by atoms with Gasteiger partial charge in [-0.25, -0.2) is 9.48 Å². The maximum Gasteiger partial charge on any atom is 0.323 e. The lowest BCUT2D eigenvalue weighted by molar-refractivity contribution is -0.150. The van der Waals surface area contributed by atoms with Crippen LogP contribution in [0.25, 0.3) is 10.1 Å². The van der Waals surface area contributed by atoms with Crippen molar-refractivity contribution < 1.29 is 37.4 Å². The van der Waals surface area contributed by atoms with E-state index in [1.165, 1.54) is 29.8 Å². The van der Waals surface area contributed by atoms with E-state index < -0.39 is 31.6 Å². The Labute approximate surface area is 336 Å². The Morgan fingerprint density at radius 1 is 1.05 bits per heavy atom. The fourth-order valence-electron chi connectivity index (χ4n) is 8.12. The number of amides is 3. The third kappa shape index (κ3) is 9.24. The number of carbonyl (C=O) groups is 4. The summed E-state index contributed by atoms with van der Waals surface area (Å²) in [7, 11) is -3.70. The molecule has 3 aliphatic heterocycles. The number of esters is 1. The molecule has 3 saturated heterocycles. The predicted octanol–water partition coefficient (Wildman–Crippen LogP) is 7.04. The molecule has 0 bridgehead atoms. The smallest absolute Gasteiger partial charge is 0.323 e. The minimum Gasteiger partial charge on any atom is -0.465 e. The highest BCUT2D eigenvalue weighted by Crippen LogP contribution is 2.47. The van der Waals surface area contributed by atoms with E-state index in [2.05, 4.69) is 22.3 Å². The first kappa shape index (κ1) is 40.5. The van der Waals surface area contributed by atoms with Crippen LogP contribution in [0.15, 0.2) is 73.1 Å². The Kier molecular flexibility index (Phi) is 12.4. The van der Waals surface area contributed by atoms with Crippen molar-refractivity contribution in [2.75, 3.05) is 19.7 Å². The number of para-hydroxylation sites is 1. The summed E-state index contributed by atoms with van der Waals surface area (Å²) in [5, 5.41) is 6.67. The van der Waals surface area contributed by atoms with Crippen LogP contribution < -0.4 is 14.9 Å². The van der Waals surface area contributed by atoms with Crippen LogP contribution in [0, 0.1) is 11.7 Å². The Morgan fingerprint density at radius 3 is 2.60 bits per heavy atom. The van der Waals surface area contributed by atoms with Crippen molar-refractivity contribution in [1.29, 1.82) is 0 Å². The van der Waals surface area contributed by atoms with Gasteiger partial charge in [0, 0.05) is 47.7 Å². The predicted molar refractivity (Wildman–Crippen MR) is 215 cm³/mol. The number of aromatic nitrogens is 1. The average molecular weight is 818 g/mol. The molecule has 2 N–H and O–H groups in total. The van der Waals surface area contributed by atoms with Crippen LogP contribution in [0.2, 0.25) is 0 Å². The normalized spacial score (nSPS) is 22.8. The van der Waals surface area contributed by atoms with E-state index in [1.807, 2.05) is 31.2 Å². The number of nitrogens with zero attached hydrogens (tertiary/aromatic N) is 3. The number of fused-ring (bicyclic) bond motifs is 2. The van der Waals surface area contributed by atoms with Gasteiger partial charge >= 0.3 is 13.5 Å². The summed E-state index contributed by atoms with van der Waals surface area (Å²) in [6.45, 7) is 6.62. The highest BCUT2D eigenvalue weighted by molar-refractivity contribution is 7.56. The highest BCUT2D eigenvalue weighted by Gasteiger charge is 2.48. The van der Waals surface area contributed by atoms with Gasteiger partial charge in [-0.15, -0.1) is 11.3 Å². The van der Waals surface area contributed by atoms with Crippen LogP contribution in [-0.4, -0.2) is 82.3 Å². The molecule has 1 unspecified atom stereocenters. The number of thiophene rings is 1. The van der Waals surface area contributed by atoms with Crippen molar-refractivity contribution in [1.82, 2.24) is 25.2 Å². The second-order valence-electron chi connectivity index (χ2n) is 15.5. The van der Waals surface area contributed by atoms with E-state index in [0.717, 1.165) is 22.9 Å². The van der Waals surface area contributed by atoms with Crippen LogP contribution in [0.4, 0.5) is 4.39 Å². The standard InChI is InChI=1S/C42H49FN5O7PS/c1-4-18-54-42(52)27(3)46-56(53,55-32-8-6-5-7-9-32)25-28-11-15-37-29(20-28)21-38(57-37)39(49)45-35-13-10-26(2)19-31-12-14-36(48(31)40(35)50)41(51)47-23-30(24-47)33-22-44-17-16-34(33)43/h5-9,11,15-17,20-22,26-27,30-31,35-36H,4,10,12-14,18-19,23-25H2,1-3H3,(H,45,49)(H,46,53)/t26-,27+,31-,35+,36+,56?/m1/s1. The molecule has 4 aromatic rings. The highest BCUT2D eigenvalue weighted by atomic mass is 32.1. The Balaban J connectivity index is 1.04. The molecule has 2 aromatic carbocycles. The molecule has 15 heteroatoms. The average Bonchev–Trinajstić information content (AvgIpc) is 3.79. The molecule has 302 valence electrons. The fourth-order valence-corrected chi connectivity index (χ4v) is 11.1. The van der Waals surface area contributed by atoms with Crippen LogP contribution in [-0.2, 0) is 29.8 Å². The van der Waals surface area contributed by atoms with Crippen molar-refractivity contribution >= 4 is 52.6 Å². The minimum absolute atomic E-state index is 0.0370. The number of likely N-dealkylation sites (tertiary alicyclic amines) is 1. The molecule has 3 amide bonds. The summed E-state index contributed by atoms with van der Waals surface area (Å²) in [4.78, 5) is 62.5. The summed E-state index contributed by atoms with van der Waals surface area (Å²) in [6, 6.07) is 14.9. The topological polar surface area (TPSA) is 147 Å². The molecular formula is C42H49FN5O7PS. The van der Waals surface area contributed by atoms with Crippen LogP contribution in [0.5, 0.6) is 5.75 Å². The fraction of sp³-hybridized carbons (Fsp3) is 0.452. The van der Waals surface area contributed by atoms with Crippen molar-refractivity contribution in [2.24, 2.45) is 5.92 Å². The lowest BCUT2D eigenvalue weighted by atomic mass is 9.90. The van der Waals surface area contributed by atoms with Crippen molar-refractivity contribution in [3.63, 3.8) is 0 Å². The summed E-state index contributed by atoms with van der Waals surface area (Å²) in [5.74, 6) is -1.08. The molecule has 7 rings (SSSR count). The number of ether oxygens (including phenoxy) is 1. The molecule has 12 nitrogen and oxygen atoms in total. The first-order chi connectivity index (χ1) is 27.4. The number of rotatable bonds is 13. The maximum atomic E-state index is 14.4. The van der Waals surface area contributed by atoms with E-state index in [-0.39, 0.29) is 48.3 Å². The van der Waals surface area contributed by atoms with Crippen molar-refractivity contribution in [3.8, 4) is 5.75 Å². The third-order valence-electron chi connectivity index (χ3n) is 11.1. The van der Waals surface area contributed by atoms with Gasteiger partial charge in [0.15, 0.2) is 0 Å². The van der Waals surface area contributed by atoms with E-state index >= 15 is 0 Å². The summed E-state index contributed by atoms with van der Waals surface area (Å²) < 4.78 is 40.8. The van der Waals surface area contributed by atoms with Crippen molar-refractivity contribution in [3.05, 3.63) is 94.9 Å². The summed E-state index contributed by atoms with van der Waals surface area (Å²) >= 11 is 1.29. The monoisotopic (exact) mass is 817 g/mol. The van der Waals surface area contributed by atoms with Crippen LogP contribution in [0.3, 0.4) is 0 Å². The maximum absolute atomic E-state index is 14.4. The van der Waals surface area contributed by atoms with Gasteiger partial charge in [0.2, 0.25) is 11.8 Å². The lowest BCUT2D eigenvalue weighted by Crippen LogP contribution is -2.60. The molecule has 0 aliphatic carbocycles. The van der Waals surface area contributed by atoms with Crippen LogP contribution >= 0.6 is 18.9 Å². The first-order valence-electron chi connectivity index (χ1n) is 19.7. The summed E-state index contributed by atoms with van der Waals surface area (Å²) in [5.41, 5.74) is 1.17. The number of halogens is 1. The Bertz CT molecular complexity index is 2160. The van der Waals surface area contributed by atoms with E-state index in [1.54, 1.807) is 47.1 Å². The van der Waals surface area contributed by atoms with Crippen LogP contribution in [0.1, 0.15) is 86.0 Å². The SMILES string of the molecule is CCCOC(=O)[C@H](C)NP(=O)(Cc1ccc2sc(C(=O)N[C@H]3CC[C@@H](C)C[C@H]4CC[C@@H](C(=O)N5CC(c6cnccc6F)C5)N4C3=O)cc2c1)Oc1ccccc1. The quantitative estimate of drug-likeness (QED) is 0.107. The number of nitrogens with one attached hydrogen (secondary N) is 2. The van der Waals surface area contributed by atoms with Gasteiger partial charge in [0.1, 0.15) is 29.7 Å². The largest absolute Gasteiger partial charge is 0.465 e. The van der Waals surface area contributed by atoms with Gasteiger partial charge in [-0.05, 0) is 98.7 Å². The number of hydrogen-bond acceptors (Lipinski definition) is 9.